The fourth-order valence-electron chi connectivity index (χ4n) is 2.17. The van der Waals surface area contributed by atoms with Crippen molar-refractivity contribution < 1.29 is 18.7 Å². The number of rotatable bonds is 4. The molecule has 0 bridgehead atoms. The molecule has 4 heteroatoms. The molecule has 1 N–H and O–H groups in total. The molecule has 0 aromatic heterocycles. The second-order valence-electron chi connectivity index (χ2n) is 4.69. The Morgan fingerprint density at radius 1 is 1.20 bits per heavy atom. The van der Waals surface area contributed by atoms with Crippen molar-refractivity contribution in [2.75, 3.05) is 0 Å². The second-order valence-corrected chi connectivity index (χ2v) is 4.69. The molecule has 2 aromatic rings. The van der Waals surface area contributed by atoms with Crippen LogP contribution in [-0.4, -0.2) is 11.1 Å². The number of benzene rings is 2. The van der Waals surface area contributed by atoms with Gasteiger partial charge in [0.1, 0.15) is 11.6 Å². The van der Waals surface area contributed by atoms with E-state index in [2.05, 4.69) is 0 Å². The zero-order valence-electron chi connectivity index (χ0n) is 10.9. The molecule has 0 fully saturated rings. The van der Waals surface area contributed by atoms with Crippen molar-refractivity contribution in [3.8, 4) is 0 Å². The molecule has 20 heavy (non-hydrogen) atoms. The van der Waals surface area contributed by atoms with Crippen LogP contribution in [0.25, 0.3) is 0 Å². The molecule has 0 radical (unpaired) electrons. The van der Waals surface area contributed by atoms with E-state index in [9.17, 15) is 18.7 Å². The summed E-state index contributed by atoms with van der Waals surface area (Å²) in [6.07, 6.45) is 0.0554. The number of aryl methyl sites for hydroxylation is 1. The Bertz CT molecular complexity index is 638. The second kappa shape index (κ2) is 5.82. The predicted octanol–water partition coefficient (Wildman–Crippen LogP) is 3.68. The first-order valence-corrected chi connectivity index (χ1v) is 6.21. The topological polar surface area (TPSA) is 37.3 Å². The van der Waals surface area contributed by atoms with Gasteiger partial charge in [-0.25, -0.2) is 8.78 Å². The summed E-state index contributed by atoms with van der Waals surface area (Å²) in [5.74, 6) is -3.15. The van der Waals surface area contributed by atoms with Gasteiger partial charge in [-0.1, -0.05) is 24.3 Å². The van der Waals surface area contributed by atoms with E-state index in [1.54, 1.807) is 19.1 Å². The normalized spacial score (nSPS) is 12.2. The third-order valence-corrected chi connectivity index (χ3v) is 3.31. The lowest BCUT2D eigenvalue weighted by molar-refractivity contribution is -0.138. The minimum atomic E-state index is -1.13. The van der Waals surface area contributed by atoms with Gasteiger partial charge in [-0.15, -0.1) is 0 Å². The number of carboxylic acids is 1. The van der Waals surface area contributed by atoms with E-state index in [-0.39, 0.29) is 12.0 Å². The molecule has 0 saturated heterocycles. The van der Waals surface area contributed by atoms with Crippen molar-refractivity contribution in [2.24, 2.45) is 0 Å². The van der Waals surface area contributed by atoms with E-state index in [1.165, 1.54) is 30.3 Å². The van der Waals surface area contributed by atoms with Crippen LogP contribution in [0, 0.1) is 18.6 Å². The summed E-state index contributed by atoms with van der Waals surface area (Å²) >= 11 is 0. The third kappa shape index (κ3) is 3.02. The number of carboxylic acid groups (broad SMARTS) is 1. The summed E-state index contributed by atoms with van der Waals surface area (Å²) < 4.78 is 27.0. The van der Waals surface area contributed by atoms with E-state index in [0.29, 0.717) is 5.56 Å². The van der Waals surface area contributed by atoms with Gasteiger partial charge >= 0.3 is 5.97 Å². The van der Waals surface area contributed by atoms with Crippen molar-refractivity contribution in [3.05, 3.63) is 70.8 Å². The highest BCUT2D eigenvalue weighted by Crippen LogP contribution is 2.25. The van der Waals surface area contributed by atoms with Crippen LogP contribution in [0.3, 0.4) is 0 Å². The number of halogens is 2. The van der Waals surface area contributed by atoms with Crippen LogP contribution in [0.4, 0.5) is 8.78 Å². The van der Waals surface area contributed by atoms with Gasteiger partial charge in [0, 0.05) is 5.56 Å². The Balaban J connectivity index is 2.38. The lowest BCUT2D eigenvalue weighted by Crippen LogP contribution is -2.16. The average Bonchev–Trinajstić information content (AvgIpc) is 2.40. The molecule has 104 valence electrons. The van der Waals surface area contributed by atoms with E-state index >= 15 is 0 Å². The highest BCUT2D eigenvalue weighted by molar-refractivity contribution is 5.76. The van der Waals surface area contributed by atoms with Crippen LogP contribution in [0.2, 0.25) is 0 Å². The summed E-state index contributed by atoms with van der Waals surface area (Å²) in [5, 5.41) is 9.31. The quantitative estimate of drug-likeness (QED) is 0.924. The molecule has 2 nitrogen and oxygen atoms in total. The molecule has 0 aliphatic carbocycles. The first kappa shape index (κ1) is 14.2. The van der Waals surface area contributed by atoms with Gasteiger partial charge in [0.2, 0.25) is 0 Å². The molecular weight excluding hydrogens is 262 g/mol. The Morgan fingerprint density at radius 2 is 1.90 bits per heavy atom. The molecule has 1 atom stereocenters. The molecule has 2 rings (SSSR count). The smallest absolute Gasteiger partial charge is 0.311 e. The predicted molar refractivity (Wildman–Crippen MR) is 71.6 cm³/mol. The monoisotopic (exact) mass is 276 g/mol. The van der Waals surface area contributed by atoms with E-state index < -0.39 is 23.5 Å². The summed E-state index contributed by atoms with van der Waals surface area (Å²) in [4.78, 5) is 11.4. The highest BCUT2D eigenvalue weighted by atomic mass is 19.1. The Hall–Kier alpha value is -2.23. The van der Waals surface area contributed by atoms with Gasteiger partial charge in [-0.05, 0) is 42.7 Å². The van der Waals surface area contributed by atoms with Gasteiger partial charge in [0.15, 0.2) is 0 Å². The summed E-state index contributed by atoms with van der Waals surface area (Å²) in [7, 11) is 0. The molecule has 0 spiro atoms. The maximum Gasteiger partial charge on any atom is 0.311 e. The fraction of sp³-hybridized carbons (Fsp3) is 0.188. The minimum Gasteiger partial charge on any atom is -0.481 e. The Labute approximate surface area is 115 Å². The number of carbonyl (C=O) groups is 1. The van der Waals surface area contributed by atoms with Crippen LogP contribution < -0.4 is 0 Å². The Kier molecular flexibility index (Phi) is 4.13. The first-order valence-electron chi connectivity index (χ1n) is 6.21. The first-order chi connectivity index (χ1) is 9.49. The van der Waals surface area contributed by atoms with Crippen molar-refractivity contribution >= 4 is 5.97 Å². The number of hydrogen-bond acceptors (Lipinski definition) is 1. The van der Waals surface area contributed by atoms with Crippen LogP contribution in [0.5, 0.6) is 0 Å². The Morgan fingerprint density at radius 3 is 2.55 bits per heavy atom. The van der Waals surface area contributed by atoms with Gasteiger partial charge in [0.25, 0.3) is 0 Å². The summed E-state index contributed by atoms with van der Waals surface area (Å²) in [5.41, 5.74) is 1.47. The molecule has 0 amide bonds. The summed E-state index contributed by atoms with van der Waals surface area (Å²) in [6.45, 7) is 1.77. The van der Waals surface area contributed by atoms with Crippen molar-refractivity contribution in [1.29, 1.82) is 0 Å². The van der Waals surface area contributed by atoms with Crippen molar-refractivity contribution in [1.82, 2.24) is 0 Å². The van der Waals surface area contributed by atoms with E-state index in [0.717, 1.165) is 5.56 Å². The van der Waals surface area contributed by atoms with Crippen LogP contribution >= 0.6 is 0 Å². The SMILES string of the molecule is Cc1ccc(F)cc1CC(C(=O)O)c1ccccc1F. The van der Waals surface area contributed by atoms with Gasteiger partial charge in [-0.2, -0.15) is 0 Å². The molecule has 0 saturated carbocycles. The zero-order valence-corrected chi connectivity index (χ0v) is 10.9. The van der Waals surface area contributed by atoms with Crippen molar-refractivity contribution in [2.45, 2.75) is 19.3 Å². The summed E-state index contributed by atoms with van der Waals surface area (Å²) in [6, 6.07) is 9.97. The largest absolute Gasteiger partial charge is 0.481 e. The van der Waals surface area contributed by atoms with Crippen LogP contribution in [0.1, 0.15) is 22.6 Å². The zero-order chi connectivity index (χ0) is 14.7. The number of aliphatic carboxylic acids is 1. The molecule has 0 aliphatic rings. The minimum absolute atomic E-state index is 0.0554. The molecule has 2 aromatic carbocycles. The molecule has 0 aliphatic heterocycles. The highest BCUT2D eigenvalue weighted by Gasteiger charge is 2.24. The standard InChI is InChI=1S/C16H14F2O2/c1-10-6-7-12(17)8-11(10)9-14(16(19)20)13-4-2-3-5-15(13)18/h2-8,14H,9H2,1H3,(H,19,20). The van der Waals surface area contributed by atoms with Gasteiger partial charge < -0.3 is 5.11 Å². The van der Waals surface area contributed by atoms with Gasteiger partial charge in [-0.3, -0.25) is 4.79 Å². The fourth-order valence-corrected chi connectivity index (χ4v) is 2.17. The molecular formula is C16H14F2O2. The third-order valence-electron chi connectivity index (χ3n) is 3.31. The van der Waals surface area contributed by atoms with Gasteiger partial charge in [0.05, 0.1) is 5.92 Å². The van der Waals surface area contributed by atoms with Crippen LogP contribution in [-0.2, 0) is 11.2 Å². The van der Waals surface area contributed by atoms with E-state index in [4.69, 9.17) is 0 Å². The molecule has 1 unspecified atom stereocenters. The van der Waals surface area contributed by atoms with E-state index in [1.807, 2.05) is 0 Å². The molecule has 0 heterocycles. The average molecular weight is 276 g/mol. The van der Waals surface area contributed by atoms with Crippen LogP contribution in [0.15, 0.2) is 42.5 Å². The maximum atomic E-state index is 13.7. The lowest BCUT2D eigenvalue weighted by atomic mass is 9.90. The maximum absolute atomic E-state index is 13.7. The number of hydrogen-bond donors (Lipinski definition) is 1. The lowest BCUT2D eigenvalue weighted by Gasteiger charge is -2.15. The van der Waals surface area contributed by atoms with Crippen molar-refractivity contribution in [3.63, 3.8) is 0 Å².